The number of nitrogens with zero attached hydrogens (tertiary/aromatic N) is 4. The molecule has 2 saturated heterocycles. The quantitative estimate of drug-likeness (QED) is 0.559. The number of fused-ring (bicyclic) bond motifs is 2. The molecule has 4 N–H and O–H groups in total. The molecule has 2 aromatic rings. The van der Waals surface area contributed by atoms with Gasteiger partial charge in [-0.15, -0.1) is 12.4 Å². The third-order valence-electron chi connectivity index (χ3n) is 7.85. The zero-order valence-electron chi connectivity index (χ0n) is 19.6. The van der Waals surface area contributed by atoms with Gasteiger partial charge < -0.3 is 20.7 Å². The van der Waals surface area contributed by atoms with E-state index >= 15 is 0 Å². The lowest BCUT2D eigenvalue weighted by atomic mass is 10.0. The van der Waals surface area contributed by atoms with Crippen molar-refractivity contribution in [3.05, 3.63) is 46.5 Å². The normalized spacial score (nSPS) is 27.3. The summed E-state index contributed by atoms with van der Waals surface area (Å²) in [5, 5.41) is 5.93. The summed E-state index contributed by atoms with van der Waals surface area (Å²) in [6, 6.07) is 7.68. The van der Waals surface area contributed by atoms with Crippen LogP contribution in [0.2, 0.25) is 0 Å². The van der Waals surface area contributed by atoms with Crippen LogP contribution < -0.4 is 26.8 Å². The summed E-state index contributed by atoms with van der Waals surface area (Å²) in [7, 11) is 0. The van der Waals surface area contributed by atoms with Gasteiger partial charge in [0.2, 0.25) is 0 Å². The number of anilines is 1. The summed E-state index contributed by atoms with van der Waals surface area (Å²) in [6.45, 7) is 6.52. The summed E-state index contributed by atoms with van der Waals surface area (Å²) >= 11 is 0. The third kappa shape index (κ3) is 4.63. The van der Waals surface area contributed by atoms with Crippen molar-refractivity contribution in [2.75, 3.05) is 57.7 Å². The van der Waals surface area contributed by atoms with Gasteiger partial charge in [0.15, 0.2) is 0 Å². The molecule has 2 amide bonds. The number of aromatic nitrogens is 2. The number of piperazine rings is 1. The number of nitrogens with one attached hydrogen (secondary N) is 2. The SMILES string of the molecule is Cl.NCC1C2CN(C3COc4cc(-n5ccc(NC(=O)N6CCNCC6)nc5=O)ccc4C3)CC12. The number of hydrogen-bond acceptors (Lipinski definition) is 7. The predicted molar refractivity (Wildman–Crippen MR) is 135 cm³/mol. The van der Waals surface area contributed by atoms with Crippen LogP contribution in [0.5, 0.6) is 5.75 Å². The number of rotatable bonds is 4. The minimum absolute atomic E-state index is 0. The Kier molecular flexibility index (Phi) is 6.71. The first-order valence-corrected chi connectivity index (χ1v) is 12.2. The molecule has 3 atom stereocenters. The van der Waals surface area contributed by atoms with E-state index in [1.165, 1.54) is 4.57 Å². The first-order valence-electron chi connectivity index (χ1n) is 12.2. The second-order valence-corrected chi connectivity index (χ2v) is 9.77. The molecule has 188 valence electrons. The Hall–Kier alpha value is -2.66. The maximum absolute atomic E-state index is 12.7. The van der Waals surface area contributed by atoms with Crippen molar-refractivity contribution in [2.45, 2.75) is 12.5 Å². The average molecular weight is 502 g/mol. The molecule has 0 spiro atoms. The molecule has 35 heavy (non-hydrogen) atoms. The lowest BCUT2D eigenvalue weighted by molar-refractivity contribution is 0.126. The minimum atomic E-state index is -0.447. The zero-order chi connectivity index (χ0) is 23.2. The van der Waals surface area contributed by atoms with Crippen LogP contribution >= 0.6 is 12.4 Å². The molecule has 3 unspecified atom stereocenters. The number of halogens is 1. The molecular weight excluding hydrogens is 470 g/mol. The molecule has 1 aromatic carbocycles. The van der Waals surface area contributed by atoms with E-state index in [1.807, 2.05) is 18.2 Å². The maximum Gasteiger partial charge on any atom is 0.354 e. The van der Waals surface area contributed by atoms with Crippen LogP contribution in [0, 0.1) is 17.8 Å². The molecule has 1 aliphatic carbocycles. The summed E-state index contributed by atoms with van der Waals surface area (Å²) < 4.78 is 7.60. The fraction of sp³-hybridized carbons (Fsp3) is 0.542. The van der Waals surface area contributed by atoms with E-state index in [4.69, 9.17) is 10.5 Å². The van der Waals surface area contributed by atoms with Crippen LogP contribution in [0.15, 0.2) is 35.3 Å². The molecule has 11 heteroatoms. The molecule has 4 aliphatic rings. The Labute approximate surface area is 210 Å². The number of carbonyl (C=O) groups is 1. The summed E-state index contributed by atoms with van der Waals surface area (Å²) in [6.07, 6.45) is 2.59. The number of piperidine rings is 1. The van der Waals surface area contributed by atoms with Crippen molar-refractivity contribution in [3.8, 4) is 11.4 Å². The molecule has 1 saturated carbocycles. The van der Waals surface area contributed by atoms with Gasteiger partial charge in [-0.25, -0.2) is 9.59 Å². The summed E-state index contributed by atoms with van der Waals surface area (Å²) in [5.74, 6) is 3.35. The molecule has 6 rings (SSSR count). The molecule has 3 fully saturated rings. The monoisotopic (exact) mass is 501 g/mol. The highest BCUT2D eigenvalue weighted by molar-refractivity contribution is 5.88. The van der Waals surface area contributed by atoms with E-state index in [9.17, 15) is 9.59 Å². The minimum Gasteiger partial charge on any atom is -0.492 e. The standard InChI is InChI=1S/C24H31N7O3.ClH/c25-11-18-19-12-30(13-20(18)19)17-9-15-1-2-16(10-21(15)34-14-17)31-6-3-22(28-24(31)33)27-23(32)29-7-4-26-5-8-29;/h1-3,6,10,17-20,26H,4-5,7-9,11-14,25H2,(H,27,28,32,33);1H. The number of likely N-dealkylation sites (tertiary alicyclic amines) is 1. The molecular formula is C24H32ClN7O3. The highest BCUT2D eigenvalue weighted by atomic mass is 35.5. The van der Waals surface area contributed by atoms with E-state index in [-0.39, 0.29) is 24.3 Å². The molecule has 0 radical (unpaired) electrons. The number of urea groups is 1. The number of carbonyl (C=O) groups excluding carboxylic acids is 1. The first-order chi connectivity index (χ1) is 16.6. The highest BCUT2D eigenvalue weighted by Crippen LogP contribution is 2.51. The van der Waals surface area contributed by atoms with Crippen molar-refractivity contribution in [1.82, 2.24) is 24.7 Å². The lowest BCUT2D eigenvalue weighted by Gasteiger charge is -2.34. The van der Waals surface area contributed by atoms with Crippen LogP contribution in [0.25, 0.3) is 5.69 Å². The topological polar surface area (TPSA) is 118 Å². The van der Waals surface area contributed by atoms with Crippen molar-refractivity contribution in [3.63, 3.8) is 0 Å². The molecule has 10 nitrogen and oxygen atoms in total. The van der Waals surface area contributed by atoms with Gasteiger partial charge in [-0.05, 0) is 48.4 Å². The lowest BCUT2D eigenvalue weighted by Crippen LogP contribution is -2.48. The van der Waals surface area contributed by atoms with Crippen LogP contribution in [0.3, 0.4) is 0 Å². The highest BCUT2D eigenvalue weighted by Gasteiger charge is 2.55. The smallest absolute Gasteiger partial charge is 0.354 e. The van der Waals surface area contributed by atoms with Crippen molar-refractivity contribution < 1.29 is 9.53 Å². The Balaban J connectivity index is 0.00000253. The number of nitrogens with two attached hydrogens (primary N) is 1. The van der Waals surface area contributed by atoms with Crippen LogP contribution in [-0.4, -0.2) is 83.8 Å². The van der Waals surface area contributed by atoms with E-state index < -0.39 is 5.69 Å². The van der Waals surface area contributed by atoms with E-state index in [0.29, 0.717) is 31.4 Å². The fourth-order valence-corrected chi connectivity index (χ4v) is 5.78. The second kappa shape index (κ2) is 9.77. The van der Waals surface area contributed by atoms with Gasteiger partial charge in [0.1, 0.15) is 18.2 Å². The summed E-state index contributed by atoms with van der Waals surface area (Å²) in [4.78, 5) is 33.4. The molecule has 1 aromatic heterocycles. The van der Waals surface area contributed by atoms with Gasteiger partial charge >= 0.3 is 11.7 Å². The molecule has 4 heterocycles. The number of hydrogen-bond donors (Lipinski definition) is 3. The van der Waals surface area contributed by atoms with Gasteiger partial charge in [0.25, 0.3) is 0 Å². The first kappa shape index (κ1) is 24.1. The van der Waals surface area contributed by atoms with Crippen molar-refractivity contribution in [1.29, 1.82) is 0 Å². The predicted octanol–water partition coefficient (Wildman–Crippen LogP) is 0.531. The Bertz CT molecular complexity index is 1140. The molecule has 3 aliphatic heterocycles. The number of benzene rings is 1. The Morgan fingerprint density at radius 3 is 2.69 bits per heavy atom. The van der Waals surface area contributed by atoms with E-state index in [1.54, 1.807) is 17.2 Å². The zero-order valence-corrected chi connectivity index (χ0v) is 20.4. The van der Waals surface area contributed by atoms with E-state index in [2.05, 4.69) is 20.5 Å². The fourth-order valence-electron chi connectivity index (χ4n) is 5.78. The summed E-state index contributed by atoms with van der Waals surface area (Å²) in [5.41, 5.74) is 7.26. The second-order valence-electron chi connectivity index (χ2n) is 9.77. The number of ether oxygens (including phenoxy) is 1. The Morgan fingerprint density at radius 2 is 1.97 bits per heavy atom. The van der Waals surface area contributed by atoms with Gasteiger partial charge in [-0.3, -0.25) is 14.8 Å². The maximum atomic E-state index is 12.7. The van der Waals surface area contributed by atoms with Gasteiger partial charge in [-0.1, -0.05) is 6.07 Å². The van der Waals surface area contributed by atoms with Gasteiger partial charge in [0, 0.05) is 57.6 Å². The van der Waals surface area contributed by atoms with Crippen LogP contribution in [0.4, 0.5) is 10.6 Å². The van der Waals surface area contributed by atoms with E-state index in [0.717, 1.165) is 68.2 Å². The van der Waals surface area contributed by atoms with Gasteiger partial charge in [0.05, 0.1) is 5.69 Å². The van der Waals surface area contributed by atoms with Crippen LogP contribution in [-0.2, 0) is 6.42 Å². The van der Waals surface area contributed by atoms with Gasteiger partial charge in [-0.2, -0.15) is 4.98 Å². The van der Waals surface area contributed by atoms with Crippen LogP contribution in [0.1, 0.15) is 5.56 Å². The third-order valence-corrected chi connectivity index (χ3v) is 7.85. The molecule has 0 bridgehead atoms. The van der Waals surface area contributed by atoms with Crippen molar-refractivity contribution in [2.24, 2.45) is 23.5 Å². The van der Waals surface area contributed by atoms with Crippen molar-refractivity contribution >= 4 is 24.3 Å². The largest absolute Gasteiger partial charge is 0.492 e. The number of amides is 2. The Morgan fingerprint density at radius 1 is 1.20 bits per heavy atom. The average Bonchev–Trinajstić information content (AvgIpc) is 3.34.